The van der Waals surface area contributed by atoms with Crippen molar-refractivity contribution < 1.29 is 28.7 Å². The number of carbonyl (C=O) groups is 4. The molecule has 0 N–H and O–H groups in total. The summed E-state index contributed by atoms with van der Waals surface area (Å²) in [6, 6.07) is 37.0. The Morgan fingerprint density at radius 1 is 0.391 bits per heavy atom. The van der Waals surface area contributed by atoms with Crippen molar-refractivity contribution >= 4 is 35.0 Å². The molecule has 0 fully saturated rings. The van der Waals surface area contributed by atoms with Gasteiger partial charge >= 0.3 is 0 Å². The van der Waals surface area contributed by atoms with Crippen LogP contribution in [0.5, 0.6) is 23.0 Å². The van der Waals surface area contributed by atoms with Crippen molar-refractivity contribution in [2.75, 3.05) is 9.80 Å². The number of para-hydroxylation sites is 2. The summed E-state index contributed by atoms with van der Waals surface area (Å²) in [6.07, 6.45) is 5.00. The Kier molecular flexibility index (Phi) is 7.28. The third-order valence-electron chi connectivity index (χ3n) is 7.52. The molecule has 0 radical (unpaired) electrons. The topological polar surface area (TPSA) is 93.2 Å². The maximum absolute atomic E-state index is 12.0. The number of imide groups is 2. The number of ether oxygens (including phenoxy) is 2. The van der Waals surface area contributed by atoms with Gasteiger partial charge in [0.15, 0.2) is 0 Å². The molecule has 0 aliphatic carbocycles. The van der Waals surface area contributed by atoms with Crippen LogP contribution in [0.4, 0.5) is 11.4 Å². The maximum atomic E-state index is 12.0. The largest absolute Gasteiger partial charge is 0.457 e. The first-order valence-electron chi connectivity index (χ1n) is 14.4. The number of carbonyl (C=O) groups excluding carboxylic acids is 4. The number of rotatable bonds is 8. The smallest absolute Gasteiger partial charge is 0.258 e. The normalized spacial score (nSPS) is 14.0. The maximum Gasteiger partial charge on any atom is 0.258 e. The molecule has 2 aliphatic heterocycles. The van der Waals surface area contributed by atoms with Gasteiger partial charge in [-0.25, -0.2) is 9.80 Å². The summed E-state index contributed by atoms with van der Waals surface area (Å²) in [5.41, 5.74) is 4.54. The Bertz CT molecular complexity index is 1900. The Morgan fingerprint density at radius 2 is 0.761 bits per heavy atom. The minimum absolute atomic E-state index is 0.376. The lowest BCUT2D eigenvalue weighted by atomic mass is 9.98. The SMILES string of the molecule is O=C1C=CC(=O)N1c1ccc(Oc2ccccc2-c2cccc(-c3ccccc3Oc3ccc(N4C(=O)C=CC4=O)cc3)c2)cc1. The zero-order valence-corrected chi connectivity index (χ0v) is 24.2. The first-order valence-corrected chi connectivity index (χ1v) is 14.4. The number of benzene rings is 5. The van der Waals surface area contributed by atoms with Gasteiger partial charge in [-0.3, -0.25) is 19.2 Å². The zero-order chi connectivity index (χ0) is 31.6. The highest BCUT2D eigenvalue weighted by Gasteiger charge is 2.26. The molecule has 0 bridgehead atoms. The minimum Gasteiger partial charge on any atom is -0.457 e. The second-order valence-electron chi connectivity index (χ2n) is 10.5. The zero-order valence-electron chi connectivity index (χ0n) is 24.2. The van der Waals surface area contributed by atoms with Gasteiger partial charge in [-0.1, -0.05) is 54.6 Å². The molecule has 0 atom stereocenters. The van der Waals surface area contributed by atoms with Crippen LogP contribution >= 0.6 is 0 Å². The number of nitrogens with zero attached hydrogens (tertiary/aromatic N) is 2. The van der Waals surface area contributed by atoms with Crippen LogP contribution in [-0.4, -0.2) is 23.6 Å². The van der Waals surface area contributed by atoms with E-state index in [4.69, 9.17) is 9.47 Å². The second kappa shape index (κ2) is 11.9. The van der Waals surface area contributed by atoms with E-state index in [9.17, 15) is 19.2 Å². The van der Waals surface area contributed by atoms with Gasteiger partial charge in [0, 0.05) is 35.4 Å². The van der Waals surface area contributed by atoms with Crippen LogP contribution in [0.25, 0.3) is 22.3 Å². The van der Waals surface area contributed by atoms with Crippen molar-refractivity contribution in [2.24, 2.45) is 0 Å². The van der Waals surface area contributed by atoms with Crippen LogP contribution in [0.2, 0.25) is 0 Å². The summed E-state index contributed by atoms with van der Waals surface area (Å²) in [5, 5.41) is 0. The van der Waals surface area contributed by atoms with Crippen LogP contribution in [-0.2, 0) is 19.2 Å². The van der Waals surface area contributed by atoms with Gasteiger partial charge in [-0.05, 0) is 77.9 Å². The molecule has 8 heteroatoms. The van der Waals surface area contributed by atoms with Crippen LogP contribution in [0, 0.1) is 0 Å². The molecule has 0 saturated carbocycles. The van der Waals surface area contributed by atoms with Crippen LogP contribution < -0.4 is 19.3 Å². The predicted molar refractivity (Wildman–Crippen MR) is 174 cm³/mol. The van der Waals surface area contributed by atoms with Gasteiger partial charge in [0.1, 0.15) is 23.0 Å². The Balaban J connectivity index is 1.12. The van der Waals surface area contributed by atoms with Gasteiger partial charge in [-0.2, -0.15) is 0 Å². The molecule has 5 aromatic rings. The average molecular weight is 605 g/mol. The Morgan fingerprint density at radius 3 is 1.15 bits per heavy atom. The van der Waals surface area contributed by atoms with E-state index in [2.05, 4.69) is 6.07 Å². The van der Waals surface area contributed by atoms with Crippen molar-refractivity contribution in [3.8, 4) is 45.3 Å². The third kappa shape index (κ3) is 5.46. The molecule has 5 aromatic carbocycles. The Labute approximate surface area is 264 Å². The lowest BCUT2D eigenvalue weighted by molar-refractivity contribution is -0.121. The number of amides is 4. The van der Waals surface area contributed by atoms with Crippen LogP contribution in [0.3, 0.4) is 0 Å². The van der Waals surface area contributed by atoms with E-state index in [0.29, 0.717) is 34.4 Å². The van der Waals surface area contributed by atoms with E-state index in [0.717, 1.165) is 32.1 Å². The summed E-state index contributed by atoms with van der Waals surface area (Å²) >= 11 is 0. The van der Waals surface area contributed by atoms with Crippen molar-refractivity contribution in [3.05, 3.63) is 146 Å². The Hall–Kier alpha value is -6.54. The molecule has 7 rings (SSSR count). The van der Waals surface area contributed by atoms with Gasteiger partial charge in [-0.15, -0.1) is 0 Å². The van der Waals surface area contributed by atoms with E-state index in [1.807, 2.05) is 66.7 Å². The molecule has 222 valence electrons. The van der Waals surface area contributed by atoms with E-state index in [-0.39, 0.29) is 23.6 Å². The lowest BCUT2D eigenvalue weighted by Gasteiger charge is -2.16. The predicted octanol–water partition coefficient (Wildman–Crippen LogP) is 7.46. The standard InChI is InChI=1S/C38H24N2O6/c41-35-20-21-36(42)39(35)27-12-16-29(17-13-27)45-33-10-3-1-8-31(33)25-6-5-7-26(24-25)32-9-2-4-11-34(32)46-30-18-14-28(15-19-30)40-37(43)22-23-38(40)44/h1-24H. The van der Waals surface area contributed by atoms with Gasteiger partial charge < -0.3 is 9.47 Å². The molecular formula is C38H24N2O6. The van der Waals surface area contributed by atoms with Gasteiger partial charge in [0.05, 0.1) is 11.4 Å². The highest BCUT2D eigenvalue weighted by molar-refractivity contribution is 6.28. The summed E-state index contributed by atoms with van der Waals surface area (Å²) in [6.45, 7) is 0. The molecule has 8 nitrogen and oxygen atoms in total. The van der Waals surface area contributed by atoms with E-state index in [1.165, 1.54) is 24.3 Å². The molecule has 0 saturated heterocycles. The molecule has 2 heterocycles. The summed E-state index contributed by atoms with van der Waals surface area (Å²) in [4.78, 5) is 50.4. The summed E-state index contributed by atoms with van der Waals surface area (Å²) in [5.74, 6) is 0.880. The van der Waals surface area contributed by atoms with Crippen molar-refractivity contribution in [2.45, 2.75) is 0 Å². The van der Waals surface area contributed by atoms with Crippen LogP contribution in [0.1, 0.15) is 0 Å². The molecule has 0 aromatic heterocycles. The average Bonchev–Trinajstić information content (AvgIpc) is 3.60. The van der Waals surface area contributed by atoms with Gasteiger partial charge in [0.25, 0.3) is 23.6 Å². The number of anilines is 2. The first kappa shape index (κ1) is 28.2. The fourth-order valence-electron chi connectivity index (χ4n) is 5.33. The summed E-state index contributed by atoms with van der Waals surface area (Å²) < 4.78 is 12.5. The second-order valence-corrected chi connectivity index (χ2v) is 10.5. The molecule has 0 unspecified atom stereocenters. The summed E-state index contributed by atoms with van der Waals surface area (Å²) in [7, 11) is 0. The highest BCUT2D eigenvalue weighted by Crippen LogP contribution is 2.39. The molecule has 0 spiro atoms. The van der Waals surface area contributed by atoms with E-state index < -0.39 is 0 Å². The molecule has 4 amide bonds. The van der Waals surface area contributed by atoms with Crippen molar-refractivity contribution in [1.82, 2.24) is 0 Å². The molecule has 46 heavy (non-hydrogen) atoms. The third-order valence-corrected chi connectivity index (χ3v) is 7.52. The van der Waals surface area contributed by atoms with E-state index >= 15 is 0 Å². The van der Waals surface area contributed by atoms with Crippen molar-refractivity contribution in [3.63, 3.8) is 0 Å². The monoisotopic (exact) mass is 604 g/mol. The van der Waals surface area contributed by atoms with Crippen molar-refractivity contribution in [1.29, 1.82) is 0 Å². The number of hydrogen-bond acceptors (Lipinski definition) is 6. The van der Waals surface area contributed by atoms with Gasteiger partial charge in [0.2, 0.25) is 0 Å². The van der Waals surface area contributed by atoms with E-state index in [1.54, 1.807) is 48.5 Å². The quantitative estimate of drug-likeness (QED) is 0.171. The number of hydrogen-bond donors (Lipinski definition) is 0. The van der Waals surface area contributed by atoms with Crippen LogP contribution in [0.15, 0.2) is 146 Å². The fraction of sp³-hybridized carbons (Fsp3) is 0. The first-order chi connectivity index (χ1) is 22.4. The molecule has 2 aliphatic rings. The molecular weight excluding hydrogens is 580 g/mol. The minimum atomic E-state index is -0.376. The fourth-order valence-corrected chi connectivity index (χ4v) is 5.33. The highest BCUT2D eigenvalue weighted by atomic mass is 16.5. The lowest BCUT2D eigenvalue weighted by Crippen LogP contribution is -2.29.